The van der Waals surface area contributed by atoms with Crippen LogP contribution in [0.2, 0.25) is 0 Å². The number of nitrogens with two attached hydrogens (primary N) is 1. The number of rotatable bonds is 6. The van der Waals surface area contributed by atoms with Gasteiger partial charge in [0.25, 0.3) is 0 Å². The number of nitrogens with zero attached hydrogens (tertiary/aromatic N) is 3. The van der Waals surface area contributed by atoms with Crippen LogP contribution in [0.1, 0.15) is 49.0 Å². The van der Waals surface area contributed by atoms with Gasteiger partial charge in [-0.25, -0.2) is 9.50 Å². The van der Waals surface area contributed by atoms with Crippen LogP contribution in [-0.2, 0) is 0 Å². The van der Waals surface area contributed by atoms with Crippen molar-refractivity contribution in [2.24, 2.45) is 0 Å². The molecule has 1 unspecified atom stereocenters. The number of para-hydroxylation sites is 1. The van der Waals surface area contributed by atoms with E-state index in [1.54, 1.807) is 0 Å². The van der Waals surface area contributed by atoms with Crippen molar-refractivity contribution >= 4 is 11.3 Å². The van der Waals surface area contributed by atoms with Crippen LogP contribution in [0.25, 0.3) is 16.6 Å². The molecule has 1 atom stereocenters. The molecule has 5 rings (SSSR count). The highest BCUT2D eigenvalue weighted by molar-refractivity contribution is 5.91. The average molecular weight is 431 g/mol. The summed E-state index contributed by atoms with van der Waals surface area (Å²) in [5.41, 5.74) is 10.2. The fourth-order valence-corrected chi connectivity index (χ4v) is 4.78. The van der Waals surface area contributed by atoms with Crippen molar-refractivity contribution in [3.8, 4) is 22.6 Å². The van der Waals surface area contributed by atoms with E-state index in [0.717, 1.165) is 48.3 Å². The van der Waals surface area contributed by atoms with Crippen LogP contribution < -0.4 is 10.5 Å². The molecule has 2 heterocycles. The Morgan fingerprint density at radius 2 is 1.72 bits per heavy atom. The lowest BCUT2D eigenvalue weighted by atomic mass is 9.92. The fraction of sp³-hybridized carbons (Fsp3) is 0.280. The molecule has 4 aromatic rings. The number of anilines is 1. The molecule has 0 aliphatic heterocycles. The van der Waals surface area contributed by atoms with E-state index in [4.69, 9.17) is 10.5 Å². The first-order chi connectivity index (χ1) is 15.7. The van der Waals surface area contributed by atoms with E-state index in [9.17, 15) is 10.2 Å². The zero-order chi connectivity index (χ0) is 22.1. The number of aliphatic hydroxyl groups is 2. The largest absolute Gasteiger partial charge is 0.457 e. The van der Waals surface area contributed by atoms with Gasteiger partial charge >= 0.3 is 0 Å². The summed E-state index contributed by atoms with van der Waals surface area (Å²) in [6.07, 6.45) is 4.70. The van der Waals surface area contributed by atoms with Crippen LogP contribution >= 0.6 is 0 Å². The molecule has 2 aromatic carbocycles. The molecule has 1 fully saturated rings. The third kappa shape index (κ3) is 3.59. The zero-order valence-electron chi connectivity index (χ0n) is 17.7. The zero-order valence-corrected chi connectivity index (χ0v) is 17.7. The molecule has 0 spiro atoms. The fourth-order valence-electron chi connectivity index (χ4n) is 4.78. The summed E-state index contributed by atoms with van der Waals surface area (Å²) >= 11 is 0. The van der Waals surface area contributed by atoms with E-state index in [-0.39, 0.29) is 12.5 Å². The quantitative estimate of drug-likeness (QED) is 0.417. The second-order valence-electron chi connectivity index (χ2n) is 8.20. The Bertz CT molecular complexity index is 1220. The first-order valence-electron chi connectivity index (χ1n) is 10.9. The van der Waals surface area contributed by atoms with E-state index >= 15 is 0 Å². The molecular formula is C25H26N4O3. The summed E-state index contributed by atoms with van der Waals surface area (Å²) in [4.78, 5) is 4.21. The standard InChI is InChI=1S/C25H26N4O3/c26-25-24-21(16-10-12-19(13-11-16)32-18-8-2-1-3-9-18)22(20(31)14-30)23(17-6-4-5-7-17)29(24)28-15-27-25/h1-3,8-13,15,17,20,30-31H,4-7,14H2,(H2,26,27,28). The van der Waals surface area contributed by atoms with Crippen LogP contribution in [0.5, 0.6) is 11.5 Å². The van der Waals surface area contributed by atoms with Gasteiger partial charge in [-0.2, -0.15) is 5.10 Å². The molecule has 0 amide bonds. The number of hydrogen-bond acceptors (Lipinski definition) is 6. The van der Waals surface area contributed by atoms with Crippen molar-refractivity contribution in [1.29, 1.82) is 0 Å². The number of aliphatic hydroxyl groups excluding tert-OH is 2. The summed E-state index contributed by atoms with van der Waals surface area (Å²) in [5, 5.41) is 25.3. The van der Waals surface area contributed by atoms with Gasteiger partial charge in [0, 0.05) is 17.0 Å². The predicted molar refractivity (Wildman–Crippen MR) is 123 cm³/mol. The Morgan fingerprint density at radius 1 is 1.03 bits per heavy atom. The summed E-state index contributed by atoms with van der Waals surface area (Å²) in [6, 6.07) is 17.2. The number of hydrogen-bond donors (Lipinski definition) is 3. The average Bonchev–Trinajstić information content (AvgIpc) is 3.46. The number of nitrogen functional groups attached to an aromatic ring is 1. The van der Waals surface area contributed by atoms with E-state index in [2.05, 4.69) is 10.1 Å². The molecule has 4 N–H and O–H groups in total. The number of benzene rings is 2. The predicted octanol–water partition coefficient (Wildman–Crippen LogP) is 4.45. The van der Waals surface area contributed by atoms with E-state index in [1.807, 2.05) is 59.1 Å². The first-order valence-corrected chi connectivity index (χ1v) is 10.9. The van der Waals surface area contributed by atoms with Crippen LogP contribution in [0, 0.1) is 0 Å². The molecule has 1 aliphatic rings. The molecule has 32 heavy (non-hydrogen) atoms. The van der Waals surface area contributed by atoms with Gasteiger partial charge in [0.15, 0.2) is 5.82 Å². The minimum absolute atomic E-state index is 0.252. The second kappa shape index (κ2) is 8.61. The molecule has 1 saturated carbocycles. The van der Waals surface area contributed by atoms with E-state index < -0.39 is 6.10 Å². The Labute approximate surface area is 186 Å². The number of fused-ring (bicyclic) bond motifs is 1. The minimum Gasteiger partial charge on any atom is -0.457 e. The maximum absolute atomic E-state index is 10.9. The molecule has 7 nitrogen and oxygen atoms in total. The highest BCUT2D eigenvalue weighted by Crippen LogP contribution is 2.45. The summed E-state index contributed by atoms with van der Waals surface area (Å²) < 4.78 is 7.74. The van der Waals surface area contributed by atoms with Crippen molar-refractivity contribution in [3.05, 3.63) is 72.2 Å². The first kappa shape index (κ1) is 20.5. The maximum Gasteiger partial charge on any atom is 0.151 e. The lowest BCUT2D eigenvalue weighted by molar-refractivity contribution is 0.0949. The SMILES string of the molecule is Nc1ncnn2c(C3CCCC3)c(C(O)CO)c(-c3ccc(Oc4ccccc4)cc3)c12. The maximum atomic E-state index is 10.9. The number of aromatic nitrogens is 3. The molecule has 1 aliphatic carbocycles. The van der Waals surface area contributed by atoms with Gasteiger partial charge in [-0.15, -0.1) is 0 Å². The smallest absolute Gasteiger partial charge is 0.151 e. The van der Waals surface area contributed by atoms with Crippen molar-refractivity contribution in [3.63, 3.8) is 0 Å². The van der Waals surface area contributed by atoms with Crippen LogP contribution in [0.3, 0.4) is 0 Å². The van der Waals surface area contributed by atoms with Crippen molar-refractivity contribution in [2.45, 2.75) is 37.7 Å². The second-order valence-corrected chi connectivity index (χ2v) is 8.20. The normalized spacial score (nSPS) is 15.3. The van der Waals surface area contributed by atoms with Gasteiger partial charge in [0.2, 0.25) is 0 Å². The van der Waals surface area contributed by atoms with Gasteiger partial charge in [-0.1, -0.05) is 43.2 Å². The molecular weight excluding hydrogens is 404 g/mol. The topological polar surface area (TPSA) is 106 Å². The van der Waals surface area contributed by atoms with E-state index in [0.29, 0.717) is 22.6 Å². The molecule has 2 aromatic heterocycles. The summed E-state index contributed by atoms with van der Waals surface area (Å²) in [6.45, 7) is -0.383. The molecule has 0 radical (unpaired) electrons. The van der Waals surface area contributed by atoms with Gasteiger partial charge in [-0.3, -0.25) is 0 Å². The van der Waals surface area contributed by atoms with Crippen molar-refractivity contribution in [2.75, 3.05) is 12.3 Å². The molecule has 164 valence electrons. The Kier molecular flexibility index (Phi) is 5.51. The highest BCUT2D eigenvalue weighted by atomic mass is 16.5. The Balaban J connectivity index is 1.66. The van der Waals surface area contributed by atoms with Gasteiger partial charge in [0.05, 0.1) is 12.3 Å². The third-order valence-electron chi connectivity index (χ3n) is 6.20. The van der Waals surface area contributed by atoms with Gasteiger partial charge in [-0.05, 0) is 42.7 Å². The molecule has 0 bridgehead atoms. The van der Waals surface area contributed by atoms with Gasteiger partial charge in [0.1, 0.15) is 29.4 Å². The van der Waals surface area contributed by atoms with E-state index in [1.165, 1.54) is 6.33 Å². The number of ether oxygens (including phenoxy) is 1. The lowest BCUT2D eigenvalue weighted by Gasteiger charge is -2.16. The Hall–Kier alpha value is -3.42. The molecule has 0 saturated heterocycles. The highest BCUT2D eigenvalue weighted by Gasteiger charge is 2.32. The Morgan fingerprint density at radius 3 is 2.41 bits per heavy atom. The lowest BCUT2D eigenvalue weighted by Crippen LogP contribution is -2.10. The van der Waals surface area contributed by atoms with Gasteiger partial charge < -0.3 is 20.7 Å². The van der Waals surface area contributed by atoms with Crippen LogP contribution in [-0.4, -0.2) is 31.4 Å². The summed E-state index contributed by atoms with van der Waals surface area (Å²) in [7, 11) is 0. The summed E-state index contributed by atoms with van der Waals surface area (Å²) in [5.74, 6) is 2.05. The van der Waals surface area contributed by atoms with Crippen LogP contribution in [0.15, 0.2) is 60.9 Å². The van der Waals surface area contributed by atoms with Crippen LogP contribution in [0.4, 0.5) is 5.82 Å². The van der Waals surface area contributed by atoms with Crippen molar-refractivity contribution < 1.29 is 14.9 Å². The minimum atomic E-state index is -1.04. The van der Waals surface area contributed by atoms with Crippen molar-refractivity contribution in [1.82, 2.24) is 14.6 Å². The third-order valence-corrected chi connectivity index (χ3v) is 6.20. The molecule has 7 heteroatoms. The monoisotopic (exact) mass is 430 g/mol.